The highest BCUT2D eigenvalue weighted by Gasteiger charge is 2.37. The first-order valence-electron chi connectivity index (χ1n) is 8.79. The van der Waals surface area contributed by atoms with Crippen LogP contribution < -0.4 is 4.90 Å². The number of hydrogen-bond acceptors (Lipinski definition) is 4. The lowest BCUT2D eigenvalue weighted by Crippen LogP contribution is -2.37. The minimum atomic E-state index is -4.40. The Morgan fingerprint density at radius 2 is 2.04 bits per heavy atom. The van der Waals surface area contributed by atoms with Gasteiger partial charge in [-0.25, -0.2) is 9.97 Å². The Morgan fingerprint density at radius 3 is 2.77 bits per heavy atom. The van der Waals surface area contributed by atoms with Gasteiger partial charge >= 0.3 is 6.18 Å². The summed E-state index contributed by atoms with van der Waals surface area (Å²) >= 11 is 0. The van der Waals surface area contributed by atoms with E-state index >= 15 is 0 Å². The first kappa shape index (κ1) is 18.7. The molecule has 1 fully saturated rings. The molecule has 26 heavy (non-hydrogen) atoms. The summed E-state index contributed by atoms with van der Waals surface area (Å²) in [7, 11) is 4.03. The Bertz CT molecular complexity index is 726. The van der Waals surface area contributed by atoms with Gasteiger partial charge in [-0.05, 0) is 39.1 Å². The van der Waals surface area contributed by atoms with Crippen LogP contribution in [-0.4, -0.2) is 53.2 Å². The zero-order valence-electron chi connectivity index (χ0n) is 15.1. The number of pyridine rings is 1. The molecule has 2 aromatic rings. The molecule has 1 aliphatic heterocycles. The van der Waals surface area contributed by atoms with E-state index in [-0.39, 0.29) is 11.7 Å². The maximum Gasteiger partial charge on any atom is 0.419 e. The van der Waals surface area contributed by atoms with Crippen LogP contribution in [0.15, 0.2) is 30.7 Å². The molecular weight excluding hydrogens is 343 g/mol. The summed E-state index contributed by atoms with van der Waals surface area (Å²) in [6.45, 7) is 2.78. The van der Waals surface area contributed by atoms with E-state index in [1.807, 2.05) is 20.3 Å². The molecule has 0 radical (unpaired) electrons. The lowest BCUT2D eigenvalue weighted by atomic mass is 9.96. The summed E-state index contributed by atoms with van der Waals surface area (Å²) in [6, 6.07) is 2.44. The van der Waals surface area contributed by atoms with Crippen molar-refractivity contribution in [2.75, 3.05) is 38.6 Å². The van der Waals surface area contributed by atoms with Crippen molar-refractivity contribution in [2.45, 2.75) is 31.5 Å². The number of anilines is 1. The third-order valence-electron chi connectivity index (χ3n) is 4.71. The largest absolute Gasteiger partial charge is 0.419 e. The second kappa shape index (κ2) is 7.65. The van der Waals surface area contributed by atoms with Crippen LogP contribution >= 0.6 is 0 Å². The van der Waals surface area contributed by atoms with E-state index in [0.717, 1.165) is 37.8 Å². The smallest absolute Gasteiger partial charge is 0.355 e. The van der Waals surface area contributed by atoms with Crippen LogP contribution in [0.5, 0.6) is 0 Å². The number of aromatic nitrogens is 3. The Balaban J connectivity index is 1.80. The van der Waals surface area contributed by atoms with Crippen LogP contribution in [0.3, 0.4) is 0 Å². The predicted octanol–water partition coefficient (Wildman–Crippen LogP) is 3.24. The molecule has 8 heteroatoms. The van der Waals surface area contributed by atoms with Crippen LogP contribution in [0.1, 0.15) is 30.1 Å². The van der Waals surface area contributed by atoms with Crippen LogP contribution in [0.25, 0.3) is 0 Å². The number of hydrogen-bond donors (Lipinski definition) is 0. The fourth-order valence-electron chi connectivity index (χ4n) is 3.43. The predicted molar refractivity (Wildman–Crippen MR) is 94.2 cm³/mol. The third kappa shape index (κ3) is 4.17. The average Bonchev–Trinajstić information content (AvgIpc) is 3.08. The lowest BCUT2D eigenvalue weighted by Gasteiger charge is -2.34. The van der Waals surface area contributed by atoms with Gasteiger partial charge in [0.05, 0.1) is 5.56 Å². The molecule has 1 saturated heterocycles. The van der Waals surface area contributed by atoms with Crippen molar-refractivity contribution in [3.05, 3.63) is 42.1 Å². The molecule has 3 heterocycles. The first-order chi connectivity index (χ1) is 12.4. The second-order valence-corrected chi connectivity index (χ2v) is 6.94. The van der Waals surface area contributed by atoms with E-state index in [1.165, 1.54) is 12.3 Å². The van der Waals surface area contributed by atoms with Crippen molar-refractivity contribution in [1.29, 1.82) is 0 Å². The SMILES string of the molecule is CN(C)CCn1ccnc1C1CCCN(c2ncccc2C(F)(F)F)C1. The van der Waals surface area contributed by atoms with Gasteiger partial charge in [0, 0.05) is 50.7 Å². The fourth-order valence-corrected chi connectivity index (χ4v) is 3.43. The maximum atomic E-state index is 13.3. The highest BCUT2D eigenvalue weighted by atomic mass is 19.4. The van der Waals surface area contributed by atoms with Crippen molar-refractivity contribution in [3.8, 4) is 0 Å². The van der Waals surface area contributed by atoms with Gasteiger partial charge in [0.2, 0.25) is 0 Å². The summed E-state index contributed by atoms with van der Waals surface area (Å²) in [5.74, 6) is 1.07. The standard InChI is InChI=1S/C18H24F3N5/c1-24(2)11-12-25-10-8-23-16(25)14-5-4-9-26(13-14)17-15(18(19,20)21)6-3-7-22-17/h3,6-8,10,14H,4-5,9,11-13H2,1-2H3. The van der Waals surface area contributed by atoms with Gasteiger partial charge in [-0.3, -0.25) is 0 Å². The van der Waals surface area contributed by atoms with Crippen LogP contribution in [0.2, 0.25) is 0 Å². The van der Waals surface area contributed by atoms with Gasteiger partial charge in [-0.2, -0.15) is 13.2 Å². The fraction of sp³-hybridized carbons (Fsp3) is 0.556. The second-order valence-electron chi connectivity index (χ2n) is 6.94. The number of imidazole rings is 1. The van der Waals surface area contributed by atoms with Gasteiger partial charge < -0.3 is 14.4 Å². The molecule has 1 unspecified atom stereocenters. The molecule has 0 saturated carbocycles. The highest BCUT2D eigenvalue weighted by molar-refractivity contribution is 5.49. The summed E-state index contributed by atoms with van der Waals surface area (Å²) in [5.41, 5.74) is -0.670. The molecule has 2 aromatic heterocycles. The van der Waals surface area contributed by atoms with Crippen molar-refractivity contribution < 1.29 is 13.2 Å². The van der Waals surface area contributed by atoms with Gasteiger partial charge in [0.15, 0.2) is 0 Å². The Morgan fingerprint density at radius 1 is 1.23 bits per heavy atom. The zero-order valence-corrected chi connectivity index (χ0v) is 15.1. The lowest BCUT2D eigenvalue weighted by molar-refractivity contribution is -0.137. The monoisotopic (exact) mass is 367 g/mol. The molecular formula is C18H24F3N5. The first-order valence-corrected chi connectivity index (χ1v) is 8.79. The summed E-state index contributed by atoms with van der Waals surface area (Å²) in [5, 5.41) is 0. The third-order valence-corrected chi connectivity index (χ3v) is 4.71. The molecule has 3 rings (SSSR count). The van der Waals surface area contributed by atoms with Gasteiger partial charge in [0.25, 0.3) is 0 Å². The van der Waals surface area contributed by atoms with Crippen LogP contribution in [-0.2, 0) is 12.7 Å². The molecule has 0 N–H and O–H groups in total. The minimum Gasteiger partial charge on any atom is -0.355 e. The summed E-state index contributed by atoms with van der Waals surface area (Å²) < 4.78 is 42.1. The summed E-state index contributed by atoms with van der Waals surface area (Å²) in [6.07, 6.45) is 2.47. The Hall–Kier alpha value is -2.09. The van der Waals surface area contributed by atoms with Gasteiger partial charge in [0.1, 0.15) is 11.6 Å². The number of alkyl halides is 3. The maximum absolute atomic E-state index is 13.3. The number of nitrogens with zero attached hydrogens (tertiary/aromatic N) is 5. The van der Waals surface area contributed by atoms with Crippen LogP contribution in [0.4, 0.5) is 19.0 Å². The normalized spacial score (nSPS) is 18.5. The van der Waals surface area contributed by atoms with E-state index < -0.39 is 11.7 Å². The quantitative estimate of drug-likeness (QED) is 0.813. The molecule has 5 nitrogen and oxygen atoms in total. The van der Waals surface area contributed by atoms with E-state index in [2.05, 4.69) is 19.4 Å². The molecule has 0 aliphatic carbocycles. The number of rotatable bonds is 5. The van der Waals surface area contributed by atoms with Crippen molar-refractivity contribution in [2.24, 2.45) is 0 Å². The Labute approximate surface area is 151 Å². The molecule has 0 amide bonds. The van der Waals surface area contributed by atoms with Gasteiger partial charge in [-0.1, -0.05) is 0 Å². The molecule has 1 aliphatic rings. The number of halogens is 3. The van der Waals surface area contributed by atoms with E-state index in [4.69, 9.17) is 0 Å². The highest BCUT2D eigenvalue weighted by Crippen LogP contribution is 2.37. The van der Waals surface area contributed by atoms with E-state index in [0.29, 0.717) is 13.1 Å². The molecule has 0 spiro atoms. The average molecular weight is 367 g/mol. The zero-order chi connectivity index (χ0) is 18.7. The summed E-state index contributed by atoms with van der Waals surface area (Å²) in [4.78, 5) is 12.4. The minimum absolute atomic E-state index is 0.0242. The van der Waals surface area contributed by atoms with E-state index in [1.54, 1.807) is 11.1 Å². The molecule has 0 bridgehead atoms. The topological polar surface area (TPSA) is 37.2 Å². The van der Waals surface area contributed by atoms with Crippen molar-refractivity contribution >= 4 is 5.82 Å². The number of piperidine rings is 1. The molecule has 0 aromatic carbocycles. The van der Waals surface area contributed by atoms with E-state index in [9.17, 15) is 13.2 Å². The van der Waals surface area contributed by atoms with Crippen molar-refractivity contribution in [1.82, 2.24) is 19.4 Å². The van der Waals surface area contributed by atoms with Crippen LogP contribution in [0, 0.1) is 0 Å². The molecule has 1 atom stereocenters. The van der Waals surface area contributed by atoms with Gasteiger partial charge in [-0.15, -0.1) is 0 Å². The van der Waals surface area contributed by atoms with Crippen molar-refractivity contribution in [3.63, 3.8) is 0 Å². The molecule has 142 valence electrons. The number of likely N-dealkylation sites (N-methyl/N-ethyl adjacent to an activating group) is 1. The Kier molecular flexibility index (Phi) is 5.50.